The summed E-state index contributed by atoms with van der Waals surface area (Å²) in [5.41, 5.74) is -0.907. The Morgan fingerprint density at radius 2 is 1.73 bits per heavy atom. The number of para-hydroxylation sites is 1. The van der Waals surface area contributed by atoms with E-state index >= 15 is 0 Å². The number of rotatable bonds is 5. The van der Waals surface area contributed by atoms with Gasteiger partial charge in [-0.05, 0) is 49.4 Å². The Morgan fingerprint density at radius 1 is 0.970 bits per heavy atom. The smallest absolute Gasteiger partial charge is 0.418 e. The van der Waals surface area contributed by atoms with Crippen LogP contribution in [0, 0.1) is 6.92 Å². The highest BCUT2D eigenvalue weighted by Crippen LogP contribution is 2.34. The molecule has 33 heavy (non-hydrogen) atoms. The number of urea groups is 1. The maximum absolute atomic E-state index is 13.1. The number of alkyl halides is 3. The second-order valence-corrected chi connectivity index (χ2v) is 6.82. The molecule has 0 fully saturated rings. The molecule has 2 N–H and O–H groups in total. The summed E-state index contributed by atoms with van der Waals surface area (Å²) in [5.74, 6) is 2.06. The molecule has 0 saturated carbocycles. The number of hydrogen-bond donors (Lipinski definition) is 2. The molecule has 168 valence electrons. The first-order valence-corrected chi connectivity index (χ1v) is 9.66. The van der Waals surface area contributed by atoms with Crippen molar-refractivity contribution in [2.75, 3.05) is 10.6 Å². The number of aryl methyl sites for hydroxylation is 1. The summed E-state index contributed by atoms with van der Waals surface area (Å²) in [7, 11) is 0. The Labute approximate surface area is 186 Å². The average Bonchev–Trinajstić information content (AvgIpc) is 3.21. The number of benzene rings is 2. The molecular formula is C22H17F3N6O2. The van der Waals surface area contributed by atoms with Crippen LogP contribution in [-0.2, 0) is 6.18 Å². The summed E-state index contributed by atoms with van der Waals surface area (Å²) >= 11 is 0. The quantitative estimate of drug-likeness (QED) is 0.420. The van der Waals surface area contributed by atoms with Gasteiger partial charge < -0.3 is 15.4 Å². The number of carbonyl (C=O) groups excluding carboxylic acids is 1. The van der Waals surface area contributed by atoms with Gasteiger partial charge in [-0.3, -0.25) is 4.57 Å². The second kappa shape index (κ2) is 8.99. The fraction of sp³-hybridized carbons (Fsp3) is 0.0909. The summed E-state index contributed by atoms with van der Waals surface area (Å²) in [6, 6.07) is 13.6. The number of halogens is 3. The van der Waals surface area contributed by atoms with Crippen molar-refractivity contribution < 1.29 is 22.7 Å². The van der Waals surface area contributed by atoms with Crippen LogP contribution in [0.2, 0.25) is 0 Å². The Hall–Kier alpha value is -4.41. The van der Waals surface area contributed by atoms with Crippen molar-refractivity contribution in [1.82, 2.24) is 19.7 Å². The number of nitrogens with zero attached hydrogens (tertiary/aromatic N) is 4. The Kier molecular flexibility index (Phi) is 5.94. The van der Waals surface area contributed by atoms with E-state index in [9.17, 15) is 18.0 Å². The highest BCUT2D eigenvalue weighted by Gasteiger charge is 2.33. The van der Waals surface area contributed by atoms with Gasteiger partial charge in [0, 0.05) is 24.1 Å². The first kappa shape index (κ1) is 21.8. The van der Waals surface area contributed by atoms with Crippen LogP contribution in [0.3, 0.4) is 0 Å². The third-order valence-corrected chi connectivity index (χ3v) is 4.51. The normalized spacial score (nSPS) is 11.2. The van der Waals surface area contributed by atoms with Gasteiger partial charge >= 0.3 is 12.2 Å². The molecule has 2 aromatic carbocycles. The Morgan fingerprint density at radius 3 is 2.36 bits per heavy atom. The number of amides is 2. The van der Waals surface area contributed by atoms with Gasteiger partial charge in [-0.15, -0.1) is 10.2 Å². The lowest BCUT2D eigenvalue weighted by Crippen LogP contribution is -2.21. The van der Waals surface area contributed by atoms with Crippen LogP contribution in [0.1, 0.15) is 11.4 Å². The molecule has 4 aromatic rings. The fourth-order valence-corrected chi connectivity index (χ4v) is 2.97. The van der Waals surface area contributed by atoms with E-state index in [0.717, 1.165) is 11.9 Å². The van der Waals surface area contributed by atoms with Crippen molar-refractivity contribution in [3.63, 3.8) is 0 Å². The maximum atomic E-state index is 13.1. The van der Waals surface area contributed by atoms with Gasteiger partial charge in [0.2, 0.25) is 5.88 Å². The van der Waals surface area contributed by atoms with Gasteiger partial charge in [-0.1, -0.05) is 12.1 Å². The van der Waals surface area contributed by atoms with Crippen molar-refractivity contribution in [3.05, 3.63) is 84.4 Å². The van der Waals surface area contributed by atoms with Gasteiger partial charge in [-0.2, -0.15) is 13.2 Å². The summed E-state index contributed by atoms with van der Waals surface area (Å²) in [6.07, 6.45) is -1.16. The third kappa shape index (κ3) is 5.26. The zero-order chi connectivity index (χ0) is 23.4. The number of anilines is 2. The fourth-order valence-electron chi connectivity index (χ4n) is 2.97. The molecule has 2 amide bonds. The maximum Gasteiger partial charge on any atom is 0.418 e. The molecule has 2 heterocycles. The molecule has 0 unspecified atom stereocenters. The number of imidazole rings is 1. The summed E-state index contributed by atoms with van der Waals surface area (Å²) in [5, 5.41) is 12.8. The highest BCUT2D eigenvalue weighted by molar-refractivity contribution is 6.00. The Balaban J connectivity index is 1.37. The molecule has 0 saturated heterocycles. The summed E-state index contributed by atoms with van der Waals surface area (Å²) in [6.45, 7) is 1.84. The average molecular weight is 454 g/mol. The zero-order valence-electron chi connectivity index (χ0n) is 17.2. The monoisotopic (exact) mass is 454 g/mol. The molecule has 0 aliphatic carbocycles. The van der Waals surface area contributed by atoms with Crippen molar-refractivity contribution in [2.45, 2.75) is 13.1 Å². The molecule has 2 aromatic heterocycles. The minimum absolute atomic E-state index is 0.263. The van der Waals surface area contributed by atoms with E-state index in [1.165, 1.54) is 18.2 Å². The zero-order valence-corrected chi connectivity index (χ0v) is 17.2. The predicted octanol–water partition coefficient (Wildman–Crippen LogP) is 5.43. The van der Waals surface area contributed by atoms with Crippen LogP contribution in [-0.4, -0.2) is 25.8 Å². The molecule has 11 heteroatoms. The first-order valence-electron chi connectivity index (χ1n) is 9.66. The minimum Gasteiger partial charge on any atom is -0.438 e. The van der Waals surface area contributed by atoms with Crippen molar-refractivity contribution >= 4 is 17.4 Å². The summed E-state index contributed by atoms with van der Waals surface area (Å²) < 4.78 is 46.6. The van der Waals surface area contributed by atoms with Crippen molar-refractivity contribution in [2.24, 2.45) is 0 Å². The van der Waals surface area contributed by atoms with Gasteiger partial charge in [0.25, 0.3) is 0 Å². The molecular weight excluding hydrogens is 437 g/mol. The SMILES string of the molecule is Cc1nccn1-c1ccc(Oc2ccc(NC(=O)Nc3ccccc3C(F)(F)F)cc2)nn1. The number of nitrogens with one attached hydrogen (secondary N) is 2. The number of aromatic nitrogens is 4. The third-order valence-electron chi connectivity index (χ3n) is 4.51. The molecule has 8 nitrogen and oxygen atoms in total. The number of ether oxygens (including phenoxy) is 1. The predicted molar refractivity (Wildman–Crippen MR) is 114 cm³/mol. The van der Waals surface area contributed by atoms with Crippen molar-refractivity contribution in [1.29, 1.82) is 0 Å². The lowest BCUT2D eigenvalue weighted by atomic mass is 10.1. The van der Waals surface area contributed by atoms with E-state index in [2.05, 4.69) is 25.8 Å². The molecule has 0 bridgehead atoms. The molecule has 0 atom stereocenters. The van der Waals surface area contributed by atoms with Crippen LogP contribution >= 0.6 is 0 Å². The molecule has 0 aliphatic heterocycles. The van der Waals surface area contributed by atoms with E-state index in [4.69, 9.17) is 4.74 Å². The second-order valence-electron chi connectivity index (χ2n) is 6.82. The topological polar surface area (TPSA) is 94.0 Å². The lowest BCUT2D eigenvalue weighted by Gasteiger charge is -2.14. The minimum atomic E-state index is -4.58. The van der Waals surface area contributed by atoms with E-state index in [0.29, 0.717) is 17.3 Å². The van der Waals surface area contributed by atoms with E-state index < -0.39 is 17.8 Å². The van der Waals surface area contributed by atoms with Crippen LogP contribution in [0.25, 0.3) is 5.82 Å². The summed E-state index contributed by atoms with van der Waals surface area (Å²) in [4.78, 5) is 16.3. The molecule has 0 radical (unpaired) electrons. The van der Waals surface area contributed by atoms with Crippen molar-refractivity contribution in [3.8, 4) is 17.4 Å². The number of hydrogen-bond acceptors (Lipinski definition) is 5. The highest BCUT2D eigenvalue weighted by atomic mass is 19.4. The van der Waals surface area contributed by atoms with Crippen LogP contribution in [0.15, 0.2) is 73.1 Å². The Bertz CT molecular complexity index is 1250. The molecule has 0 spiro atoms. The van der Waals surface area contributed by atoms with Gasteiger partial charge in [0.1, 0.15) is 11.6 Å². The molecule has 4 rings (SSSR count). The first-order chi connectivity index (χ1) is 15.8. The number of carbonyl (C=O) groups is 1. The van der Waals surface area contributed by atoms with Gasteiger partial charge in [0.05, 0.1) is 11.3 Å². The van der Waals surface area contributed by atoms with E-state index in [1.807, 2.05) is 6.92 Å². The lowest BCUT2D eigenvalue weighted by molar-refractivity contribution is -0.136. The van der Waals surface area contributed by atoms with Gasteiger partial charge in [0.15, 0.2) is 5.82 Å². The van der Waals surface area contributed by atoms with Crippen LogP contribution in [0.4, 0.5) is 29.3 Å². The van der Waals surface area contributed by atoms with Gasteiger partial charge in [-0.25, -0.2) is 9.78 Å². The van der Waals surface area contributed by atoms with E-state index in [-0.39, 0.29) is 11.6 Å². The molecule has 0 aliphatic rings. The largest absolute Gasteiger partial charge is 0.438 e. The van der Waals surface area contributed by atoms with Crippen LogP contribution in [0.5, 0.6) is 11.6 Å². The standard InChI is InChI=1S/C22H17F3N6O2/c1-14-26-12-13-31(14)19-10-11-20(30-29-19)33-16-8-6-15(7-9-16)27-21(32)28-18-5-3-2-4-17(18)22(23,24)25/h2-13H,1H3,(H2,27,28,32). The van der Waals surface area contributed by atoms with E-state index in [1.54, 1.807) is 53.4 Å². The van der Waals surface area contributed by atoms with Crippen LogP contribution < -0.4 is 15.4 Å².